The highest BCUT2D eigenvalue weighted by molar-refractivity contribution is 7.17. The van der Waals surface area contributed by atoms with Crippen molar-refractivity contribution in [2.45, 2.75) is 32.9 Å². The predicted molar refractivity (Wildman–Crippen MR) is 74.1 cm³/mol. The Morgan fingerprint density at radius 2 is 2.35 bits per heavy atom. The number of thiazole rings is 1. The number of aromatic nitrogens is 4. The van der Waals surface area contributed by atoms with Gasteiger partial charge in [0.25, 0.3) is 0 Å². The first-order valence-corrected chi connectivity index (χ1v) is 7.35. The van der Waals surface area contributed by atoms with E-state index in [-0.39, 0.29) is 0 Å². The summed E-state index contributed by atoms with van der Waals surface area (Å²) in [6.45, 7) is 4.24. The molecule has 0 aromatic carbocycles. The Morgan fingerprint density at radius 3 is 3.10 bits per heavy atom. The minimum atomic E-state index is -0.891. The smallest absolute Gasteiger partial charge is 0.347 e. The quantitative estimate of drug-likeness (QED) is 0.917. The zero-order valence-electron chi connectivity index (χ0n) is 11.1. The Morgan fingerprint density at radius 1 is 1.50 bits per heavy atom. The molecule has 0 unspecified atom stereocenters. The molecule has 0 radical (unpaired) electrons. The molecular formula is C12H15N5O2S. The normalized spacial score (nSPS) is 14.3. The van der Waals surface area contributed by atoms with E-state index in [9.17, 15) is 9.90 Å². The maximum Gasteiger partial charge on any atom is 0.347 e. The summed E-state index contributed by atoms with van der Waals surface area (Å²) in [5, 5.41) is 18.0. The average molecular weight is 293 g/mol. The Bertz CT molecular complexity index is 636. The van der Waals surface area contributed by atoms with Gasteiger partial charge in [0.05, 0.1) is 12.2 Å². The number of aryl methyl sites for hydroxylation is 1. The zero-order chi connectivity index (χ0) is 14.1. The van der Waals surface area contributed by atoms with E-state index in [1.165, 1.54) is 11.3 Å². The van der Waals surface area contributed by atoms with Crippen LogP contribution in [-0.2, 0) is 19.5 Å². The second kappa shape index (κ2) is 5.20. The van der Waals surface area contributed by atoms with E-state index in [4.69, 9.17) is 0 Å². The van der Waals surface area contributed by atoms with Crippen LogP contribution in [0, 0.1) is 0 Å². The van der Waals surface area contributed by atoms with Crippen molar-refractivity contribution in [3.05, 3.63) is 22.7 Å². The van der Waals surface area contributed by atoms with Crippen LogP contribution in [0.15, 0.2) is 6.33 Å². The highest BCUT2D eigenvalue weighted by atomic mass is 32.1. The molecule has 8 heteroatoms. The minimum absolute atomic E-state index is 0.355. The fraction of sp³-hybridized carbons (Fsp3) is 0.500. The summed E-state index contributed by atoms with van der Waals surface area (Å²) in [5.74, 6) is -0.00209. The van der Waals surface area contributed by atoms with Crippen LogP contribution in [0.4, 0.5) is 5.13 Å². The van der Waals surface area contributed by atoms with E-state index in [1.54, 1.807) is 6.33 Å². The average Bonchev–Trinajstić information content (AvgIpc) is 3.04. The van der Waals surface area contributed by atoms with Gasteiger partial charge in [-0.1, -0.05) is 24.7 Å². The molecular weight excluding hydrogens is 278 g/mol. The van der Waals surface area contributed by atoms with Gasteiger partial charge in [0.15, 0.2) is 11.0 Å². The van der Waals surface area contributed by atoms with E-state index in [0.717, 1.165) is 30.5 Å². The summed E-state index contributed by atoms with van der Waals surface area (Å²) >= 11 is 1.25. The number of aromatic carboxylic acids is 1. The van der Waals surface area contributed by atoms with Crippen LogP contribution in [0.1, 0.15) is 34.5 Å². The molecule has 1 aliphatic heterocycles. The van der Waals surface area contributed by atoms with Crippen molar-refractivity contribution in [3.8, 4) is 0 Å². The number of hydrogen-bond acceptors (Lipinski definition) is 6. The minimum Gasteiger partial charge on any atom is -0.477 e. The van der Waals surface area contributed by atoms with E-state index in [1.807, 2.05) is 11.5 Å². The van der Waals surface area contributed by atoms with Crippen LogP contribution in [0.3, 0.4) is 0 Å². The molecule has 0 atom stereocenters. The summed E-state index contributed by atoms with van der Waals surface area (Å²) in [6, 6.07) is 0. The summed E-state index contributed by atoms with van der Waals surface area (Å²) in [5.41, 5.74) is 0.687. The van der Waals surface area contributed by atoms with Crippen LogP contribution in [0.2, 0.25) is 0 Å². The Kier molecular flexibility index (Phi) is 3.39. The van der Waals surface area contributed by atoms with Gasteiger partial charge in [0.2, 0.25) is 0 Å². The molecule has 0 amide bonds. The number of hydrogen-bond donors (Lipinski definition) is 1. The second-order valence-electron chi connectivity index (χ2n) is 4.69. The first-order valence-electron chi connectivity index (χ1n) is 6.53. The maximum atomic E-state index is 11.3. The third kappa shape index (κ3) is 2.26. The Balaban J connectivity index is 1.88. The second-order valence-corrected chi connectivity index (χ2v) is 5.67. The lowest BCUT2D eigenvalue weighted by Crippen LogP contribution is -2.33. The number of nitrogens with zero attached hydrogens (tertiary/aromatic N) is 5. The number of carboxylic acid groups (broad SMARTS) is 1. The molecule has 0 spiro atoms. The number of carboxylic acids is 1. The molecule has 20 heavy (non-hydrogen) atoms. The standard InChI is InChI=1S/C12H15N5O2S/c1-2-3-8-10(11(18)19)20-12(14-8)16-4-5-17-7-13-15-9(17)6-16/h7H,2-6H2,1H3,(H,18,19). The van der Waals surface area contributed by atoms with E-state index in [0.29, 0.717) is 23.5 Å². The van der Waals surface area contributed by atoms with Crippen molar-refractivity contribution in [1.29, 1.82) is 0 Å². The molecule has 2 aromatic heterocycles. The largest absolute Gasteiger partial charge is 0.477 e. The molecule has 0 saturated heterocycles. The topological polar surface area (TPSA) is 84.1 Å². The first-order chi connectivity index (χ1) is 9.69. The van der Waals surface area contributed by atoms with Crippen LogP contribution in [-0.4, -0.2) is 37.4 Å². The van der Waals surface area contributed by atoms with Crippen molar-refractivity contribution < 1.29 is 9.90 Å². The molecule has 1 N–H and O–H groups in total. The monoisotopic (exact) mass is 293 g/mol. The van der Waals surface area contributed by atoms with Gasteiger partial charge >= 0.3 is 5.97 Å². The molecule has 2 aromatic rings. The third-order valence-corrected chi connectivity index (χ3v) is 4.42. The summed E-state index contributed by atoms with van der Waals surface area (Å²) in [4.78, 5) is 18.2. The Hall–Kier alpha value is -1.96. The van der Waals surface area contributed by atoms with Crippen molar-refractivity contribution in [2.75, 3.05) is 11.4 Å². The van der Waals surface area contributed by atoms with Crippen molar-refractivity contribution in [3.63, 3.8) is 0 Å². The molecule has 3 heterocycles. The lowest BCUT2D eigenvalue weighted by molar-refractivity contribution is 0.0700. The van der Waals surface area contributed by atoms with Gasteiger partial charge in [-0.05, 0) is 6.42 Å². The van der Waals surface area contributed by atoms with E-state index < -0.39 is 5.97 Å². The summed E-state index contributed by atoms with van der Waals surface area (Å²) in [7, 11) is 0. The molecule has 1 aliphatic rings. The molecule has 106 valence electrons. The molecule has 7 nitrogen and oxygen atoms in total. The molecule has 0 saturated carbocycles. The van der Waals surface area contributed by atoms with Gasteiger partial charge in [-0.2, -0.15) is 0 Å². The molecule has 0 bridgehead atoms. The number of rotatable bonds is 4. The molecule has 3 rings (SSSR count). The van der Waals surface area contributed by atoms with E-state index >= 15 is 0 Å². The van der Waals surface area contributed by atoms with Gasteiger partial charge in [0.1, 0.15) is 11.2 Å². The van der Waals surface area contributed by atoms with Crippen molar-refractivity contribution in [2.24, 2.45) is 0 Å². The van der Waals surface area contributed by atoms with Crippen LogP contribution in [0.25, 0.3) is 0 Å². The van der Waals surface area contributed by atoms with Crippen LogP contribution >= 0.6 is 11.3 Å². The van der Waals surface area contributed by atoms with Gasteiger partial charge in [-0.15, -0.1) is 10.2 Å². The number of anilines is 1. The maximum absolute atomic E-state index is 11.3. The lowest BCUT2D eigenvalue weighted by atomic mass is 10.2. The predicted octanol–water partition coefficient (Wildman–Crippen LogP) is 1.41. The highest BCUT2D eigenvalue weighted by Gasteiger charge is 2.24. The van der Waals surface area contributed by atoms with Gasteiger partial charge < -0.3 is 14.6 Å². The number of fused-ring (bicyclic) bond motifs is 1. The first kappa shape index (κ1) is 13.0. The highest BCUT2D eigenvalue weighted by Crippen LogP contribution is 2.29. The van der Waals surface area contributed by atoms with Crippen LogP contribution < -0.4 is 4.90 Å². The van der Waals surface area contributed by atoms with Gasteiger partial charge in [-0.3, -0.25) is 0 Å². The van der Waals surface area contributed by atoms with Crippen molar-refractivity contribution >= 4 is 22.4 Å². The fourth-order valence-electron chi connectivity index (χ4n) is 2.28. The lowest BCUT2D eigenvalue weighted by Gasteiger charge is -2.26. The summed E-state index contributed by atoms with van der Waals surface area (Å²) < 4.78 is 2.01. The Labute approximate surface area is 119 Å². The summed E-state index contributed by atoms with van der Waals surface area (Å²) in [6.07, 6.45) is 3.31. The van der Waals surface area contributed by atoms with Crippen LogP contribution in [0.5, 0.6) is 0 Å². The number of carbonyl (C=O) groups is 1. The van der Waals surface area contributed by atoms with Gasteiger partial charge in [-0.25, -0.2) is 9.78 Å². The van der Waals surface area contributed by atoms with Crippen molar-refractivity contribution in [1.82, 2.24) is 19.7 Å². The molecule has 0 fully saturated rings. The fourth-order valence-corrected chi connectivity index (χ4v) is 3.25. The third-order valence-electron chi connectivity index (χ3n) is 3.28. The van der Waals surface area contributed by atoms with Gasteiger partial charge in [0, 0.05) is 13.1 Å². The SMILES string of the molecule is CCCc1nc(N2CCn3cnnc3C2)sc1C(=O)O. The zero-order valence-corrected chi connectivity index (χ0v) is 11.9. The van der Waals surface area contributed by atoms with E-state index in [2.05, 4.69) is 20.1 Å². The molecule has 0 aliphatic carbocycles.